The van der Waals surface area contributed by atoms with E-state index in [2.05, 4.69) is 29.1 Å². The Bertz CT molecular complexity index is 473. The number of aromatic nitrogens is 1. The molecule has 23 heavy (non-hydrogen) atoms. The van der Waals surface area contributed by atoms with Crippen molar-refractivity contribution in [3.63, 3.8) is 0 Å². The number of likely N-dealkylation sites (N-methyl/N-ethyl adjacent to an activating group) is 1. The summed E-state index contributed by atoms with van der Waals surface area (Å²) in [7, 11) is 0. The third-order valence-corrected chi connectivity index (χ3v) is 3.58. The average Bonchev–Trinajstić information content (AvgIpc) is 3.07. The van der Waals surface area contributed by atoms with Gasteiger partial charge < -0.3 is 15.0 Å². The molecule has 1 aliphatic heterocycles. The van der Waals surface area contributed by atoms with Gasteiger partial charge in [0.1, 0.15) is 0 Å². The third-order valence-electron chi connectivity index (χ3n) is 3.58. The largest absolute Gasteiger partial charge is 0.473 e. The fourth-order valence-corrected chi connectivity index (χ4v) is 2.30. The van der Waals surface area contributed by atoms with Gasteiger partial charge in [-0.2, -0.15) is 0 Å². The Labute approximate surface area is 139 Å². The Kier molecular flexibility index (Phi) is 8.90. The van der Waals surface area contributed by atoms with Gasteiger partial charge in [0, 0.05) is 25.5 Å². The quantitative estimate of drug-likeness (QED) is 0.871. The van der Waals surface area contributed by atoms with Crippen LogP contribution < -0.4 is 5.32 Å². The van der Waals surface area contributed by atoms with Gasteiger partial charge >= 0.3 is 0 Å². The highest BCUT2D eigenvalue weighted by molar-refractivity contribution is 5.85. The molecular weight excluding hydrogens is 292 g/mol. The Morgan fingerprint density at radius 1 is 1.17 bits per heavy atom. The number of rotatable bonds is 6. The minimum Gasteiger partial charge on any atom is -0.473 e. The molecular formula is C17H28N4O2. The summed E-state index contributed by atoms with van der Waals surface area (Å²) in [5, 5.41) is 3.11. The van der Waals surface area contributed by atoms with Crippen molar-refractivity contribution in [2.24, 2.45) is 4.99 Å². The van der Waals surface area contributed by atoms with Gasteiger partial charge in [-0.3, -0.25) is 9.78 Å². The van der Waals surface area contributed by atoms with Crippen LogP contribution >= 0.6 is 0 Å². The standard InChI is InChI=1S/C13H17N3O2.C4H11N/c1-3-16(4-2)13(17)11-12(18-9-15-11)10-5-7-14-8-6-10;1-3-5-4-2/h5-9,11-12H,3-4H2,1-2H3;5H,3-4H2,1-2H3/t11-,12+;/m1./s1. The molecule has 128 valence electrons. The van der Waals surface area contributed by atoms with Crippen molar-refractivity contribution in [1.29, 1.82) is 0 Å². The normalized spacial score (nSPS) is 18.8. The number of carbonyl (C=O) groups excluding carboxylic acids is 1. The lowest BCUT2D eigenvalue weighted by Crippen LogP contribution is -2.39. The smallest absolute Gasteiger partial charge is 0.251 e. The van der Waals surface area contributed by atoms with Crippen LogP contribution in [0.2, 0.25) is 0 Å². The molecule has 1 aromatic rings. The molecule has 1 aromatic heterocycles. The summed E-state index contributed by atoms with van der Waals surface area (Å²) in [6, 6.07) is 3.22. The van der Waals surface area contributed by atoms with Gasteiger partial charge in [0.05, 0.1) is 0 Å². The van der Waals surface area contributed by atoms with E-state index < -0.39 is 6.04 Å². The summed E-state index contributed by atoms with van der Waals surface area (Å²) in [5.74, 6) is 0.00978. The molecule has 6 nitrogen and oxygen atoms in total. The number of nitrogens with zero attached hydrogens (tertiary/aromatic N) is 3. The summed E-state index contributed by atoms with van der Waals surface area (Å²) in [6.07, 6.45) is 4.42. The number of hydrogen-bond acceptors (Lipinski definition) is 5. The zero-order valence-corrected chi connectivity index (χ0v) is 14.5. The summed E-state index contributed by atoms with van der Waals surface area (Å²) in [5.41, 5.74) is 0.924. The molecule has 0 fully saturated rings. The maximum atomic E-state index is 12.3. The third kappa shape index (κ3) is 5.63. The molecule has 0 saturated carbocycles. The minimum absolute atomic E-state index is 0.00978. The molecule has 2 heterocycles. The van der Waals surface area contributed by atoms with Gasteiger partial charge in [-0.25, -0.2) is 4.99 Å². The van der Waals surface area contributed by atoms with Crippen LogP contribution in [0.25, 0.3) is 0 Å². The monoisotopic (exact) mass is 320 g/mol. The first-order valence-corrected chi connectivity index (χ1v) is 8.25. The number of hydrogen-bond donors (Lipinski definition) is 1. The van der Waals surface area contributed by atoms with Gasteiger partial charge in [-0.05, 0) is 44.6 Å². The van der Waals surface area contributed by atoms with Gasteiger partial charge in [0.15, 0.2) is 18.5 Å². The van der Waals surface area contributed by atoms with Gasteiger partial charge in [-0.1, -0.05) is 13.8 Å². The fraction of sp³-hybridized carbons (Fsp3) is 0.588. The number of ether oxygens (including phenoxy) is 1. The highest BCUT2D eigenvalue weighted by Gasteiger charge is 2.35. The van der Waals surface area contributed by atoms with Crippen LogP contribution in [-0.2, 0) is 9.53 Å². The van der Waals surface area contributed by atoms with Crippen LogP contribution in [0, 0.1) is 0 Å². The summed E-state index contributed by atoms with van der Waals surface area (Å²) >= 11 is 0. The highest BCUT2D eigenvalue weighted by atomic mass is 16.5. The van der Waals surface area contributed by atoms with E-state index in [1.165, 1.54) is 6.40 Å². The van der Waals surface area contributed by atoms with Crippen LogP contribution in [0.15, 0.2) is 29.5 Å². The zero-order valence-electron chi connectivity index (χ0n) is 14.5. The first kappa shape index (κ1) is 19.1. The first-order chi connectivity index (χ1) is 11.2. The molecule has 0 aromatic carbocycles. The predicted molar refractivity (Wildman–Crippen MR) is 92.5 cm³/mol. The van der Waals surface area contributed by atoms with E-state index in [4.69, 9.17) is 4.74 Å². The Balaban J connectivity index is 0.000000463. The fourth-order valence-electron chi connectivity index (χ4n) is 2.30. The molecule has 2 atom stereocenters. The molecule has 6 heteroatoms. The molecule has 0 spiro atoms. The predicted octanol–water partition coefficient (Wildman–Crippen LogP) is 2.03. The van der Waals surface area contributed by atoms with E-state index in [0.717, 1.165) is 18.7 Å². The molecule has 2 rings (SSSR count). The average molecular weight is 320 g/mol. The second kappa shape index (κ2) is 10.7. The Morgan fingerprint density at radius 2 is 1.78 bits per heavy atom. The zero-order chi connectivity index (χ0) is 17.1. The number of aliphatic imine (C=N–C) groups is 1. The summed E-state index contributed by atoms with van der Waals surface area (Å²) in [4.78, 5) is 22.2. The summed E-state index contributed by atoms with van der Waals surface area (Å²) in [6.45, 7) is 11.7. The molecule has 1 N–H and O–H groups in total. The van der Waals surface area contributed by atoms with Gasteiger partial charge in [0.2, 0.25) is 0 Å². The van der Waals surface area contributed by atoms with Crippen molar-refractivity contribution in [1.82, 2.24) is 15.2 Å². The number of carbonyl (C=O) groups is 1. The Hall–Kier alpha value is -1.95. The second-order valence-corrected chi connectivity index (χ2v) is 5.00. The highest BCUT2D eigenvalue weighted by Crippen LogP contribution is 2.27. The SMILES string of the molecule is CCN(CC)C(=O)[C@@H]1N=CO[C@H]1c1ccncc1.CCNCC. The van der Waals surface area contributed by atoms with Crippen LogP contribution in [0.1, 0.15) is 39.4 Å². The van der Waals surface area contributed by atoms with Crippen molar-refractivity contribution in [2.75, 3.05) is 26.2 Å². The van der Waals surface area contributed by atoms with E-state index in [1.807, 2.05) is 26.0 Å². The van der Waals surface area contributed by atoms with Crippen molar-refractivity contribution in [3.8, 4) is 0 Å². The van der Waals surface area contributed by atoms with Gasteiger partial charge in [0.25, 0.3) is 5.91 Å². The lowest BCUT2D eigenvalue weighted by Gasteiger charge is -2.24. The van der Waals surface area contributed by atoms with E-state index in [-0.39, 0.29) is 12.0 Å². The molecule has 1 amide bonds. The second-order valence-electron chi connectivity index (χ2n) is 5.00. The molecule has 0 saturated heterocycles. The first-order valence-electron chi connectivity index (χ1n) is 8.25. The molecule has 1 aliphatic rings. The van der Waals surface area contributed by atoms with Crippen molar-refractivity contribution >= 4 is 12.3 Å². The molecule has 0 bridgehead atoms. The number of amides is 1. The number of nitrogens with one attached hydrogen (secondary N) is 1. The topological polar surface area (TPSA) is 66.8 Å². The maximum Gasteiger partial charge on any atom is 0.251 e. The molecule has 0 aliphatic carbocycles. The maximum absolute atomic E-state index is 12.3. The lowest BCUT2D eigenvalue weighted by molar-refractivity contribution is -0.133. The van der Waals surface area contributed by atoms with Crippen LogP contribution in [0.5, 0.6) is 0 Å². The van der Waals surface area contributed by atoms with E-state index in [1.54, 1.807) is 17.3 Å². The molecule has 0 radical (unpaired) electrons. The van der Waals surface area contributed by atoms with Gasteiger partial charge in [-0.15, -0.1) is 0 Å². The van der Waals surface area contributed by atoms with Crippen LogP contribution in [0.3, 0.4) is 0 Å². The van der Waals surface area contributed by atoms with E-state index >= 15 is 0 Å². The number of pyridine rings is 1. The molecule has 0 unspecified atom stereocenters. The van der Waals surface area contributed by atoms with Crippen LogP contribution in [0.4, 0.5) is 0 Å². The lowest BCUT2D eigenvalue weighted by atomic mass is 10.0. The Morgan fingerprint density at radius 3 is 2.26 bits per heavy atom. The van der Waals surface area contributed by atoms with Crippen LogP contribution in [-0.4, -0.2) is 54.4 Å². The van der Waals surface area contributed by atoms with Crippen molar-refractivity contribution in [2.45, 2.75) is 39.8 Å². The van der Waals surface area contributed by atoms with Crippen molar-refractivity contribution in [3.05, 3.63) is 30.1 Å². The van der Waals surface area contributed by atoms with Crippen molar-refractivity contribution < 1.29 is 9.53 Å². The van der Waals surface area contributed by atoms with E-state index in [0.29, 0.717) is 13.1 Å². The summed E-state index contributed by atoms with van der Waals surface area (Å²) < 4.78 is 5.44. The van der Waals surface area contributed by atoms with E-state index in [9.17, 15) is 4.79 Å². The minimum atomic E-state index is -0.479.